The number of nitrogens with zero attached hydrogens (tertiary/aromatic N) is 3. The van der Waals surface area contributed by atoms with Gasteiger partial charge in [-0.2, -0.15) is 0 Å². The highest BCUT2D eigenvalue weighted by Gasteiger charge is 2.55. The third kappa shape index (κ3) is 4.45. The van der Waals surface area contributed by atoms with Crippen LogP contribution >= 0.6 is 0 Å². The van der Waals surface area contributed by atoms with Gasteiger partial charge in [0.2, 0.25) is 5.91 Å². The minimum atomic E-state index is -0.885. The summed E-state index contributed by atoms with van der Waals surface area (Å²) in [6.07, 6.45) is 2.94. The molecule has 184 valence electrons. The summed E-state index contributed by atoms with van der Waals surface area (Å²) < 4.78 is 6.33. The van der Waals surface area contributed by atoms with Crippen molar-refractivity contribution in [3.63, 3.8) is 0 Å². The third-order valence-corrected chi connectivity index (χ3v) is 7.54. The fourth-order valence-electron chi connectivity index (χ4n) is 5.64. The molecule has 0 unspecified atom stereocenters. The van der Waals surface area contributed by atoms with Crippen LogP contribution in [0.4, 0.5) is 0 Å². The molecular formula is C28H33N3O4. The van der Waals surface area contributed by atoms with E-state index >= 15 is 0 Å². The van der Waals surface area contributed by atoms with E-state index in [0.29, 0.717) is 37.1 Å². The summed E-state index contributed by atoms with van der Waals surface area (Å²) in [4.78, 5) is 45.8. The van der Waals surface area contributed by atoms with E-state index in [1.165, 1.54) is 0 Å². The minimum absolute atomic E-state index is 0.0113. The Hall–Kier alpha value is -3.19. The molecule has 2 aromatic rings. The predicted molar refractivity (Wildman–Crippen MR) is 132 cm³/mol. The Morgan fingerprint density at radius 3 is 1.94 bits per heavy atom. The van der Waals surface area contributed by atoms with Gasteiger partial charge in [0, 0.05) is 50.1 Å². The van der Waals surface area contributed by atoms with Gasteiger partial charge in [0.25, 0.3) is 11.8 Å². The van der Waals surface area contributed by atoms with Gasteiger partial charge < -0.3 is 14.5 Å². The van der Waals surface area contributed by atoms with E-state index in [1.807, 2.05) is 66.1 Å². The number of piperidine rings is 1. The second-order valence-electron chi connectivity index (χ2n) is 10.0. The smallest absolute Gasteiger partial charge is 0.256 e. The molecule has 35 heavy (non-hydrogen) atoms. The molecule has 3 heterocycles. The number of ether oxygens (including phenoxy) is 1. The summed E-state index contributed by atoms with van der Waals surface area (Å²) in [7, 11) is 0. The number of hydrogen-bond acceptors (Lipinski definition) is 4. The molecule has 2 aromatic carbocycles. The molecule has 0 aliphatic carbocycles. The van der Waals surface area contributed by atoms with Crippen LogP contribution in [0.1, 0.15) is 57.5 Å². The van der Waals surface area contributed by atoms with Crippen molar-refractivity contribution in [1.82, 2.24) is 14.7 Å². The summed E-state index contributed by atoms with van der Waals surface area (Å²) in [6.45, 7) is 6.51. The van der Waals surface area contributed by atoms with Crippen LogP contribution in [0.15, 0.2) is 48.5 Å². The SMILES string of the molecule is Cc1cccc(C(=O)N2CCC3(CC2)OC[C@H](C(=O)N2CCCC2)N3C(=O)c2cccc(C)c2)c1. The van der Waals surface area contributed by atoms with E-state index < -0.39 is 11.8 Å². The van der Waals surface area contributed by atoms with Crippen molar-refractivity contribution >= 4 is 17.7 Å². The minimum Gasteiger partial charge on any atom is -0.353 e. The van der Waals surface area contributed by atoms with Gasteiger partial charge in [0.15, 0.2) is 0 Å². The van der Waals surface area contributed by atoms with Crippen LogP contribution in [-0.4, -0.2) is 77.0 Å². The summed E-state index contributed by atoms with van der Waals surface area (Å²) in [5.74, 6) is -0.219. The highest BCUT2D eigenvalue weighted by atomic mass is 16.5. The molecule has 0 radical (unpaired) electrons. The Morgan fingerprint density at radius 1 is 0.800 bits per heavy atom. The summed E-state index contributed by atoms with van der Waals surface area (Å²) >= 11 is 0. The Morgan fingerprint density at radius 2 is 1.37 bits per heavy atom. The highest BCUT2D eigenvalue weighted by Crippen LogP contribution is 2.39. The van der Waals surface area contributed by atoms with Crippen molar-refractivity contribution in [2.45, 2.75) is 51.3 Å². The van der Waals surface area contributed by atoms with Gasteiger partial charge in [-0.1, -0.05) is 35.4 Å². The lowest BCUT2D eigenvalue weighted by atomic mass is 9.95. The summed E-state index contributed by atoms with van der Waals surface area (Å²) in [5.41, 5.74) is 2.38. The maximum atomic E-state index is 13.9. The first-order chi connectivity index (χ1) is 16.9. The topological polar surface area (TPSA) is 70.2 Å². The molecule has 3 aliphatic rings. The van der Waals surface area contributed by atoms with Crippen molar-refractivity contribution in [1.29, 1.82) is 0 Å². The van der Waals surface area contributed by atoms with E-state index in [9.17, 15) is 14.4 Å². The van der Waals surface area contributed by atoms with Crippen LogP contribution in [0, 0.1) is 13.8 Å². The van der Waals surface area contributed by atoms with Crippen molar-refractivity contribution in [2.24, 2.45) is 0 Å². The Labute approximate surface area is 206 Å². The average Bonchev–Trinajstić information content (AvgIpc) is 3.52. The van der Waals surface area contributed by atoms with Crippen molar-refractivity contribution in [2.75, 3.05) is 32.8 Å². The molecule has 7 heteroatoms. The Kier molecular flexibility index (Phi) is 6.36. The first-order valence-electron chi connectivity index (χ1n) is 12.6. The fourth-order valence-corrected chi connectivity index (χ4v) is 5.64. The first-order valence-corrected chi connectivity index (χ1v) is 12.6. The number of carbonyl (C=O) groups is 3. The van der Waals surface area contributed by atoms with Crippen LogP contribution in [0.2, 0.25) is 0 Å². The predicted octanol–water partition coefficient (Wildman–Crippen LogP) is 3.40. The van der Waals surface area contributed by atoms with Crippen LogP contribution in [-0.2, 0) is 9.53 Å². The molecule has 3 fully saturated rings. The van der Waals surface area contributed by atoms with Crippen LogP contribution in [0.3, 0.4) is 0 Å². The van der Waals surface area contributed by atoms with E-state index in [0.717, 1.165) is 37.1 Å². The lowest BCUT2D eigenvalue weighted by Crippen LogP contribution is -2.60. The quantitative estimate of drug-likeness (QED) is 0.682. The maximum absolute atomic E-state index is 13.9. The molecule has 0 bridgehead atoms. The summed E-state index contributed by atoms with van der Waals surface area (Å²) in [6, 6.07) is 14.5. The van der Waals surface area contributed by atoms with Gasteiger partial charge in [0.05, 0.1) is 6.61 Å². The van der Waals surface area contributed by atoms with Gasteiger partial charge in [-0.05, 0) is 51.0 Å². The standard InChI is InChI=1S/C28H33N3O4/c1-20-7-5-9-22(17-20)25(32)30-15-11-28(12-16-30)31(26(33)23-10-6-8-21(2)18-23)24(19-35-28)27(34)29-13-3-4-14-29/h5-10,17-18,24H,3-4,11-16,19H2,1-2H3/t24-/m1/s1. The lowest BCUT2D eigenvalue weighted by Gasteiger charge is -2.44. The number of carbonyl (C=O) groups excluding carboxylic acids is 3. The molecule has 1 atom stereocenters. The second-order valence-corrected chi connectivity index (χ2v) is 10.0. The van der Waals surface area contributed by atoms with E-state index in [-0.39, 0.29) is 24.3 Å². The number of aryl methyl sites for hydroxylation is 2. The largest absolute Gasteiger partial charge is 0.353 e. The molecule has 3 aliphatic heterocycles. The number of rotatable bonds is 3. The normalized spacial score (nSPS) is 21.5. The molecular weight excluding hydrogens is 442 g/mol. The molecule has 0 saturated carbocycles. The zero-order chi connectivity index (χ0) is 24.6. The molecule has 0 aromatic heterocycles. The molecule has 0 N–H and O–H groups in total. The lowest BCUT2D eigenvalue weighted by molar-refractivity contribution is -0.136. The van der Waals surface area contributed by atoms with Crippen LogP contribution < -0.4 is 0 Å². The number of amides is 3. The van der Waals surface area contributed by atoms with Crippen molar-refractivity contribution in [3.8, 4) is 0 Å². The van der Waals surface area contributed by atoms with Gasteiger partial charge in [-0.3, -0.25) is 19.3 Å². The zero-order valence-electron chi connectivity index (χ0n) is 20.5. The number of benzene rings is 2. The highest BCUT2D eigenvalue weighted by molar-refractivity contribution is 5.99. The second kappa shape index (κ2) is 9.46. The maximum Gasteiger partial charge on any atom is 0.256 e. The van der Waals surface area contributed by atoms with Gasteiger partial charge in [-0.15, -0.1) is 0 Å². The van der Waals surface area contributed by atoms with Gasteiger partial charge in [0.1, 0.15) is 11.8 Å². The monoisotopic (exact) mass is 475 g/mol. The van der Waals surface area contributed by atoms with Crippen LogP contribution in [0.5, 0.6) is 0 Å². The molecule has 7 nitrogen and oxygen atoms in total. The van der Waals surface area contributed by atoms with E-state index in [4.69, 9.17) is 4.74 Å². The summed E-state index contributed by atoms with van der Waals surface area (Å²) in [5, 5.41) is 0. The molecule has 3 saturated heterocycles. The number of hydrogen-bond donors (Lipinski definition) is 0. The van der Waals surface area contributed by atoms with Crippen LogP contribution in [0.25, 0.3) is 0 Å². The van der Waals surface area contributed by atoms with E-state index in [2.05, 4.69) is 0 Å². The van der Waals surface area contributed by atoms with Gasteiger partial charge in [-0.25, -0.2) is 0 Å². The first kappa shape index (κ1) is 23.5. The zero-order valence-corrected chi connectivity index (χ0v) is 20.5. The molecule has 3 amide bonds. The number of likely N-dealkylation sites (tertiary alicyclic amines) is 2. The fraction of sp³-hybridized carbons (Fsp3) is 0.464. The van der Waals surface area contributed by atoms with Crippen molar-refractivity contribution in [3.05, 3.63) is 70.8 Å². The average molecular weight is 476 g/mol. The van der Waals surface area contributed by atoms with Gasteiger partial charge >= 0.3 is 0 Å². The Bertz CT molecular complexity index is 1130. The molecule has 1 spiro atoms. The van der Waals surface area contributed by atoms with Crippen molar-refractivity contribution < 1.29 is 19.1 Å². The Balaban J connectivity index is 1.40. The van der Waals surface area contributed by atoms with E-state index in [1.54, 1.807) is 11.0 Å². The molecule has 5 rings (SSSR count). The third-order valence-electron chi connectivity index (χ3n) is 7.54.